The Labute approximate surface area is 197 Å². The number of benzene rings is 1. The van der Waals surface area contributed by atoms with Crippen molar-refractivity contribution in [3.8, 4) is 0 Å². The average Bonchev–Trinajstić information content (AvgIpc) is 3.33. The van der Waals surface area contributed by atoms with Crippen molar-refractivity contribution in [1.29, 1.82) is 0 Å². The highest BCUT2D eigenvalue weighted by Crippen LogP contribution is 2.41. The largest absolute Gasteiger partial charge is 0.341 e. The van der Waals surface area contributed by atoms with Crippen molar-refractivity contribution in [2.45, 2.75) is 78.7 Å². The third-order valence-electron chi connectivity index (χ3n) is 6.96. The minimum Gasteiger partial charge on any atom is -0.341 e. The van der Waals surface area contributed by atoms with Gasteiger partial charge < -0.3 is 14.8 Å². The van der Waals surface area contributed by atoms with Gasteiger partial charge in [-0.25, -0.2) is 0 Å². The van der Waals surface area contributed by atoms with Crippen molar-refractivity contribution in [2.24, 2.45) is 11.8 Å². The van der Waals surface area contributed by atoms with Gasteiger partial charge in [0.1, 0.15) is 11.6 Å². The Bertz CT molecular complexity index is 1020. The van der Waals surface area contributed by atoms with Gasteiger partial charge in [-0.2, -0.15) is 0 Å². The first-order chi connectivity index (χ1) is 15.7. The van der Waals surface area contributed by atoms with Crippen LogP contribution in [0.5, 0.6) is 0 Å². The van der Waals surface area contributed by atoms with E-state index in [0.717, 1.165) is 60.6 Å². The maximum absolute atomic E-state index is 13.4. The number of carbonyl (C=O) groups excluding carboxylic acids is 2. The topological polar surface area (TPSA) is 80.1 Å². The molecule has 1 aromatic carbocycles. The molecule has 4 rings (SSSR count). The van der Waals surface area contributed by atoms with Crippen LogP contribution in [0, 0.1) is 25.7 Å². The molecule has 2 aromatic rings. The highest BCUT2D eigenvalue weighted by molar-refractivity contribution is 5.94. The second-order valence-corrected chi connectivity index (χ2v) is 10.3. The molecular weight excluding hydrogens is 414 g/mol. The first-order valence-corrected chi connectivity index (χ1v) is 12.3. The highest BCUT2D eigenvalue weighted by Gasteiger charge is 2.44. The van der Waals surface area contributed by atoms with E-state index in [-0.39, 0.29) is 23.7 Å². The highest BCUT2D eigenvalue weighted by atomic mass is 16.2. The fourth-order valence-electron chi connectivity index (χ4n) is 4.93. The molecule has 7 nitrogen and oxygen atoms in total. The van der Waals surface area contributed by atoms with E-state index in [0.29, 0.717) is 25.0 Å². The van der Waals surface area contributed by atoms with Gasteiger partial charge in [-0.05, 0) is 50.7 Å². The maximum atomic E-state index is 13.4. The van der Waals surface area contributed by atoms with E-state index in [2.05, 4.69) is 40.0 Å². The fourth-order valence-corrected chi connectivity index (χ4v) is 4.93. The number of aromatic nitrogens is 3. The van der Waals surface area contributed by atoms with Gasteiger partial charge in [0.15, 0.2) is 0 Å². The third kappa shape index (κ3) is 5.28. The van der Waals surface area contributed by atoms with Crippen LogP contribution in [0.1, 0.15) is 81.2 Å². The van der Waals surface area contributed by atoms with E-state index < -0.39 is 0 Å². The molecule has 2 amide bonds. The van der Waals surface area contributed by atoms with Crippen LogP contribution in [-0.2, 0) is 16.0 Å². The quantitative estimate of drug-likeness (QED) is 0.645. The normalized spacial score (nSPS) is 20.5. The zero-order valence-electron chi connectivity index (χ0n) is 20.6. The number of aryl methyl sites for hydroxylation is 3. The molecule has 7 heteroatoms. The lowest BCUT2D eigenvalue weighted by Crippen LogP contribution is -2.31. The summed E-state index contributed by atoms with van der Waals surface area (Å²) in [6.07, 6.45) is 5.42. The van der Waals surface area contributed by atoms with Gasteiger partial charge >= 0.3 is 0 Å². The van der Waals surface area contributed by atoms with E-state index in [1.165, 1.54) is 0 Å². The van der Waals surface area contributed by atoms with Crippen molar-refractivity contribution in [2.75, 3.05) is 18.4 Å². The monoisotopic (exact) mass is 451 g/mol. The predicted molar refractivity (Wildman–Crippen MR) is 129 cm³/mol. The van der Waals surface area contributed by atoms with Crippen molar-refractivity contribution >= 4 is 17.5 Å². The Hall–Kier alpha value is -2.70. The Morgan fingerprint density at radius 2 is 1.91 bits per heavy atom. The van der Waals surface area contributed by atoms with Gasteiger partial charge in [0.25, 0.3) is 0 Å². The number of hydrogen-bond acceptors (Lipinski definition) is 4. The number of amides is 2. The standard InChI is InChI=1S/C26H37N5O2/c1-16(2)7-6-8-24-28-29-25(31(24)20-10-11-20)21-14-30(19(5)32)15-22(21)26(33)27-23-12-9-17(3)13-18(23)4/h9,12-13,16,20-22H,6-8,10-11,14-15H2,1-5H3,(H,27,33)/t21-,22-/m1/s1. The minimum atomic E-state index is -0.347. The van der Waals surface area contributed by atoms with Crippen molar-refractivity contribution in [1.82, 2.24) is 19.7 Å². The molecule has 0 spiro atoms. The molecule has 0 unspecified atom stereocenters. The predicted octanol–water partition coefficient (Wildman–Crippen LogP) is 4.41. The van der Waals surface area contributed by atoms with Gasteiger partial charge in [0, 0.05) is 38.2 Å². The summed E-state index contributed by atoms with van der Waals surface area (Å²) in [6.45, 7) is 11.0. The first-order valence-electron chi connectivity index (χ1n) is 12.3. The van der Waals surface area contributed by atoms with E-state index in [1.54, 1.807) is 11.8 Å². The summed E-state index contributed by atoms with van der Waals surface area (Å²) >= 11 is 0. The molecule has 1 aromatic heterocycles. The van der Waals surface area contributed by atoms with Crippen LogP contribution in [0.3, 0.4) is 0 Å². The van der Waals surface area contributed by atoms with Crippen LogP contribution < -0.4 is 5.32 Å². The van der Waals surface area contributed by atoms with Crippen LogP contribution in [0.2, 0.25) is 0 Å². The van der Waals surface area contributed by atoms with E-state index in [1.807, 2.05) is 26.0 Å². The summed E-state index contributed by atoms with van der Waals surface area (Å²) in [4.78, 5) is 27.5. The fraction of sp³-hybridized carbons (Fsp3) is 0.615. The summed E-state index contributed by atoms with van der Waals surface area (Å²) in [6, 6.07) is 6.45. The molecule has 2 fully saturated rings. The maximum Gasteiger partial charge on any atom is 0.230 e. The summed E-state index contributed by atoms with van der Waals surface area (Å²) in [5, 5.41) is 12.3. The molecule has 0 bridgehead atoms. The molecule has 0 radical (unpaired) electrons. The van der Waals surface area contributed by atoms with Crippen molar-refractivity contribution in [3.63, 3.8) is 0 Å². The van der Waals surface area contributed by atoms with Crippen LogP contribution in [-0.4, -0.2) is 44.6 Å². The van der Waals surface area contributed by atoms with E-state index in [4.69, 9.17) is 0 Å². The summed E-state index contributed by atoms with van der Waals surface area (Å²) < 4.78 is 2.30. The summed E-state index contributed by atoms with van der Waals surface area (Å²) in [5.74, 6) is 2.02. The smallest absolute Gasteiger partial charge is 0.230 e. The van der Waals surface area contributed by atoms with Crippen LogP contribution >= 0.6 is 0 Å². The number of carbonyl (C=O) groups is 2. The lowest BCUT2D eigenvalue weighted by atomic mass is 9.93. The first kappa shape index (κ1) is 23.5. The average molecular weight is 452 g/mol. The molecule has 2 aliphatic rings. The van der Waals surface area contributed by atoms with E-state index in [9.17, 15) is 9.59 Å². The van der Waals surface area contributed by atoms with Gasteiger partial charge in [0.05, 0.1) is 11.8 Å². The second-order valence-electron chi connectivity index (χ2n) is 10.3. The SMILES string of the molecule is CC(=O)N1C[C@@H](C(=O)Nc2ccc(C)cc2C)[C@H](c2nnc(CCCC(C)C)n2C2CC2)C1. The number of likely N-dealkylation sites (tertiary alicyclic amines) is 1. The zero-order chi connectivity index (χ0) is 23.7. The molecule has 1 N–H and O–H groups in total. The number of nitrogens with one attached hydrogen (secondary N) is 1. The van der Waals surface area contributed by atoms with Gasteiger partial charge in [-0.15, -0.1) is 10.2 Å². The molecule has 1 aliphatic carbocycles. The van der Waals surface area contributed by atoms with Gasteiger partial charge in [-0.3, -0.25) is 9.59 Å². The molecule has 2 atom stereocenters. The molecular formula is C26H37N5O2. The number of rotatable bonds is 8. The number of anilines is 1. The second kappa shape index (κ2) is 9.65. The Kier molecular flexibility index (Phi) is 6.86. The Morgan fingerprint density at radius 3 is 2.55 bits per heavy atom. The summed E-state index contributed by atoms with van der Waals surface area (Å²) in [5.41, 5.74) is 3.02. The van der Waals surface area contributed by atoms with Crippen molar-refractivity contribution in [3.05, 3.63) is 41.0 Å². The minimum absolute atomic E-state index is 0.00328. The van der Waals surface area contributed by atoms with Crippen LogP contribution in [0.25, 0.3) is 0 Å². The van der Waals surface area contributed by atoms with Crippen molar-refractivity contribution < 1.29 is 9.59 Å². The lowest BCUT2D eigenvalue weighted by molar-refractivity contribution is -0.128. The molecule has 1 aliphatic heterocycles. The third-order valence-corrected chi connectivity index (χ3v) is 6.96. The number of hydrogen-bond donors (Lipinski definition) is 1. The summed E-state index contributed by atoms with van der Waals surface area (Å²) in [7, 11) is 0. The molecule has 178 valence electrons. The lowest BCUT2D eigenvalue weighted by Gasteiger charge is -2.19. The van der Waals surface area contributed by atoms with Crippen LogP contribution in [0.15, 0.2) is 18.2 Å². The Morgan fingerprint density at radius 1 is 1.15 bits per heavy atom. The van der Waals surface area contributed by atoms with E-state index >= 15 is 0 Å². The molecule has 1 saturated heterocycles. The van der Waals surface area contributed by atoms with Crippen LogP contribution in [0.4, 0.5) is 5.69 Å². The zero-order valence-corrected chi connectivity index (χ0v) is 20.6. The number of nitrogens with zero attached hydrogens (tertiary/aromatic N) is 4. The Balaban J connectivity index is 1.59. The van der Waals surface area contributed by atoms with Gasteiger partial charge in [-0.1, -0.05) is 38.0 Å². The van der Waals surface area contributed by atoms with Gasteiger partial charge in [0.2, 0.25) is 11.8 Å². The molecule has 1 saturated carbocycles. The molecule has 33 heavy (non-hydrogen) atoms. The molecule has 2 heterocycles.